The fourth-order valence-electron chi connectivity index (χ4n) is 2.60. The third-order valence-corrected chi connectivity index (χ3v) is 4.21. The molecule has 0 atom stereocenters. The summed E-state index contributed by atoms with van der Waals surface area (Å²) in [5.74, 6) is 0.570. The minimum atomic E-state index is -0.239. The Hall–Kier alpha value is -2.75. The summed E-state index contributed by atoms with van der Waals surface area (Å²) in [7, 11) is 1.65. The number of rotatable bonds is 9. The molecule has 2 aromatic rings. The lowest BCUT2D eigenvalue weighted by atomic mass is 10.1. The molecule has 0 heterocycles. The Morgan fingerprint density at radius 1 is 1.00 bits per heavy atom. The SMILES string of the molecule is COc1ccc(NN(C/C=C(\C)CCC=C(C)C)c2ccc(F)cc2)cc1. The molecule has 2 aromatic carbocycles. The number of hydrogen-bond acceptors (Lipinski definition) is 3. The van der Waals surface area contributed by atoms with Crippen molar-refractivity contribution >= 4 is 11.4 Å². The maximum Gasteiger partial charge on any atom is 0.123 e. The molecule has 2 rings (SSSR count). The van der Waals surface area contributed by atoms with Crippen molar-refractivity contribution in [3.8, 4) is 5.75 Å². The quantitative estimate of drug-likeness (QED) is 0.412. The van der Waals surface area contributed by atoms with E-state index in [1.165, 1.54) is 23.3 Å². The van der Waals surface area contributed by atoms with E-state index in [1.807, 2.05) is 29.3 Å². The van der Waals surface area contributed by atoms with Crippen LogP contribution in [0.2, 0.25) is 0 Å². The van der Waals surface area contributed by atoms with E-state index in [-0.39, 0.29) is 5.82 Å². The molecule has 144 valence electrons. The van der Waals surface area contributed by atoms with Crippen LogP contribution in [0, 0.1) is 5.82 Å². The normalized spacial score (nSPS) is 11.1. The highest BCUT2D eigenvalue weighted by Gasteiger charge is 2.06. The number of nitrogens with one attached hydrogen (secondary N) is 1. The standard InChI is InChI=1S/C23H29FN2O/c1-18(2)6-5-7-19(3)16-17-26(22-12-8-20(24)9-13-22)25-21-10-14-23(27-4)15-11-21/h6,8-16,25H,5,7,17H2,1-4H3/b19-16+. The van der Waals surface area contributed by atoms with E-state index in [0.717, 1.165) is 30.0 Å². The van der Waals surface area contributed by atoms with Crippen LogP contribution in [0.5, 0.6) is 5.75 Å². The number of hydrazine groups is 1. The minimum Gasteiger partial charge on any atom is -0.497 e. The summed E-state index contributed by atoms with van der Waals surface area (Å²) in [6.07, 6.45) is 6.54. The largest absolute Gasteiger partial charge is 0.497 e. The van der Waals surface area contributed by atoms with Crippen molar-refractivity contribution in [3.63, 3.8) is 0 Å². The van der Waals surface area contributed by atoms with Gasteiger partial charge < -0.3 is 4.74 Å². The lowest BCUT2D eigenvalue weighted by Crippen LogP contribution is -2.30. The van der Waals surface area contributed by atoms with Crippen molar-refractivity contribution in [2.45, 2.75) is 33.6 Å². The summed E-state index contributed by atoms with van der Waals surface area (Å²) in [4.78, 5) is 0. The lowest BCUT2D eigenvalue weighted by Gasteiger charge is -2.26. The van der Waals surface area contributed by atoms with Crippen LogP contribution in [0.15, 0.2) is 71.8 Å². The molecule has 0 radical (unpaired) electrons. The molecule has 0 fully saturated rings. The number of ether oxygens (including phenoxy) is 1. The molecule has 0 aliphatic heterocycles. The molecule has 0 bridgehead atoms. The Morgan fingerprint density at radius 2 is 1.67 bits per heavy atom. The molecule has 0 aromatic heterocycles. The second kappa shape index (κ2) is 10.4. The maximum atomic E-state index is 13.3. The van der Waals surface area contributed by atoms with Gasteiger partial charge in [-0.3, -0.25) is 10.4 Å². The van der Waals surface area contributed by atoms with Crippen LogP contribution < -0.4 is 15.2 Å². The third kappa shape index (κ3) is 7.18. The Balaban J connectivity index is 2.11. The van der Waals surface area contributed by atoms with Crippen molar-refractivity contribution in [2.75, 3.05) is 24.1 Å². The van der Waals surface area contributed by atoms with Gasteiger partial charge in [-0.2, -0.15) is 0 Å². The summed E-state index contributed by atoms with van der Waals surface area (Å²) >= 11 is 0. The number of benzene rings is 2. The molecular formula is C23H29FN2O. The summed E-state index contributed by atoms with van der Waals surface area (Å²) in [5, 5.41) is 2.01. The van der Waals surface area contributed by atoms with Crippen LogP contribution in [0.1, 0.15) is 33.6 Å². The molecule has 0 spiro atoms. The molecule has 27 heavy (non-hydrogen) atoms. The highest BCUT2D eigenvalue weighted by Crippen LogP contribution is 2.20. The van der Waals surface area contributed by atoms with Crippen LogP contribution in [-0.4, -0.2) is 13.7 Å². The lowest BCUT2D eigenvalue weighted by molar-refractivity contribution is 0.415. The van der Waals surface area contributed by atoms with Crippen LogP contribution in [0.3, 0.4) is 0 Å². The fraction of sp³-hybridized carbons (Fsp3) is 0.304. The van der Waals surface area contributed by atoms with E-state index in [1.54, 1.807) is 19.2 Å². The summed E-state index contributed by atoms with van der Waals surface area (Å²) in [5.41, 5.74) is 7.91. The van der Waals surface area contributed by atoms with Gasteiger partial charge in [0.05, 0.1) is 25.0 Å². The zero-order valence-corrected chi connectivity index (χ0v) is 16.6. The van der Waals surface area contributed by atoms with Crippen LogP contribution in [0.4, 0.5) is 15.8 Å². The van der Waals surface area contributed by atoms with E-state index in [0.29, 0.717) is 6.54 Å². The first kappa shape index (κ1) is 20.6. The van der Waals surface area contributed by atoms with E-state index in [9.17, 15) is 4.39 Å². The summed E-state index contributed by atoms with van der Waals surface area (Å²) in [6.45, 7) is 7.07. The highest BCUT2D eigenvalue weighted by molar-refractivity contribution is 5.56. The smallest absolute Gasteiger partial charge is 0.123 e. The van der Waals surface area contributed by atoms with E-state index in [2.05, 4.69) is 38.3 Å². The minimum absolute atomic E-state index is 0.239. The van der Waals surface area contributed by atoms with E-state index in [4.69, 9.17) is 4.74 Å². The summed E-state index contributed by atoms with van der Waals surface area (Å²) in [6, 6.07) is 14.2. The van der Waals surface area contributed by atoms with Gasteiger partial charge in [0.15, 0.2) is 0 Å². The molecule has 0 aliphatic carbocycles. The van der Waals surface area contributed by atoms with E-state index < -0.39 is 0 Å². The molecule has 0 amide bonds. The van der Waals surface area contributed by atoms with Gasteiger partial charge >= 0.3 is 0 Å². The second-order valence-corrected chi connectivity index (χ2v) is 6.80. The number of methoxy groups -OCH3 is 1. The molecule has 0 unspecified atom stereocenters. The first-order valence-electron chi connectivity index (χ1n) is 9.20. The number of allylic oxidation sites excluding steroid dienone is 3. The topological polar surface area (TPSA) is 24.5 Å². The Labute approximate surface area is 162 Å². The Kier molecular flexibility index (Phi) is 7.93. The van der Waals surface area contributed by atoms with Gasteiger partial charge in [-0.25, -0.2) is 4.39 Å². The molecule has 1 N–H and O–H groups in total. The van der Waals surface area contributed by atoms with Gasteiger partial charge in [0.2, 0.25) is 0 Å². The third-order valence-electron chi connectivity index (χ3n) is 4.21. The number of halogens is 1. The van der Waals surface area contributed by atoms with Crippen molar-refractivity contribution in [3.05, 3.63) is 77.6 Å². The maximum absolute atomic E-state index is 13.3. The van der Waals surface area contributed by atoms with Crippen molar-refractivity contribution in [2.24, 2.45) is 0 Å². The molecule has 4 heteroatoms. The van der Waals surface area contributed by atoms with Gasteiger partial charge in [0.25, 0.3) is 0 Å². The summed E-state index contributed by atoms with van der Waals surface area (Å²) < 4.78 is 18.5. The Morgan fingerprint density at radius 3 is 2.26 bits per heavy atom. The molecule has 0 saturated carbocycles. The predicted octanol–water partition coefficient (Wildman–Crippen LogP) is 6.36. The predicted molar refractivity (Wildman–Crippen MR) is 113 cm³/mol. The monoisotopic (exact) mass is 368 g/mol. The zero-order chi connectivity index (χ0) is 19.6. The molecule has 0 saturated heterocycles. The van der Waals surface area contributed by atoms with Crippen molar-refractivity contribution < 1.29 is 9.13 Å². The Bertz CT molecular complexity index is 760. The average molecular weight is 368 g/mol. The van der Waals surface area contributed by atoms with Gasteiger partial charge in [-0.1, -0.05) is 23.3 Å². The highest BCUT2D eigenvalue weighted by atomic mass is 19.1. The van der Waals surface area contributed by atoms with Gasteiger partial charge in [0.1, 0.15) is 11.6 Å². The molecular weight excluding hydrogens is 339 g/mol. The number of nitrogens with zero attached hydrogens (tertiary/aromatic N) is 1. The van der Waals surface area contributed by atoms with Crippen LogP contribution in [-0.2, 0) is 0 Å². The average Bonchev–Trinajstić information content (AvgIpc) is 2.66. The fourth-order valence-corrected chi connectivity index (χ4v) is 2.60. The van der Waals surface area contributed by atoms with Crippen LogP contribution >= 0.6 is 0 Å². The first-order chi connectivity index (χ1) is 13.0. The van der Waals surface area contributed by atoms with E-state index >= 15 is 0 Å². The van der Waals surface area contributed by atoms with Crippen molar-refractivity contribution in [1.82, 2.24) is 0 Å². The number of hydrogen-bond donors (Lipinski definition) is 1. The molecule has 3 nitrogen and oxygen atoms in total. The second-order valence-electron chi connectivity index (χ2n) is 6.80. The first-order valence-corrected chi connectivity index (χ1v) is 9.20. The number of anilines is 2. The van der Waals surface area contributed by atoms with Crippen LogP contribution in [0.25, 0.3) is 0 Å². The van der Waals surface area contributed by atoms with Gasteiger partial charge in [-0.05, 0) is 82.1 Å². The van der Waals surface area contributed by atoms with Crippen molar-refractivity contribution in [1.29, 1.82) is 0 Å². The zero-order valence-electron chi connectivity index (χ0n) is 16.6. The van der Waals surface area contributed by atoms with Gasteiger partial charge in [0, 0.05) is 0 Å². The van der Waals surface area contributed by atoms with Gasteiger partial charge in [-0.15, -0.1) is 0 Å². The molecule has 0 aliphatic rings.